The number of pyridine rings is 1. The van der Waals surface area contributed by atoms with Crippen molar-refractivity contribution in [3.05, 3.63) is 71.4 Å². The average Bonchev–Trinajstić information content (AvgIpc) is 3.40. The summed E-state index contributed by atoms with van der Waals surface area (Å²) in [7, 11) is 1.53. The third kappa shape index (κ3) is 4.06. The summed E-state index contributed by atoms with van der Waals surface area (Å²) < 4.78 is 63.5. The third-order valence-corrected chi connectivity index (χ3v) is 6.31. The van der Waals surface area contributed by atoms with Gasteiger partial charge in [-0.3, -0.25) is 9.59 Å². The molecule has 12 heteroatoms. The van der Waals surface area contributed by atoms with Gasteiger partial charge in [-0.2, -0.15) is 13.2 Å². The molecule has 4 rings (SSSR count). The largest absolute Gasteiger partial charge is 0.489 e. The van der Waals surface area contributed by atoms with E-state index >= 15 is 0 Å². The van der Waals surface area contributed by atoms with Gasteiger partial charge < -0.3 is 25.5 Å². The molecule has 3 heterocycles. The number of aliphatic hydroxyl groups is 1. The summed E-state index contributed by atoms with van der Waals surface area (Å²) in [6.45, 7) is -0.155. The first kappa shape index (κ1) is 25.2. The number of aryl methyl sites for hydroxylation is 1. The van der Waals surface area contributed by atoms with E-state index in [2.05, 4.69) is 10.3 Å². The molecule has 0 saturated carbocycles. The summed E-state index contributed by atoms with van der Waals surface area (Å²) in [5, 5.41) is 13.1. The van der Waals surface area contributed by atoms with Crippen molar-refractivity contribution in [2.75, 3.05) is 13.2 Å². The van der Waals surface area contributed by atoms with Crippen molar-refractivity contribution in [1.82, 2.24) is 14.9 Å². The molecule has 1 aromatic carbocycles. The number of fused-ring (bicyclic) bond motifs is 1. The Kier molecular flexibility index (Phi) is 6.03. The van der Waals surface area contributed by atoms with Gasteiger partial charge in [0, 0.05) is 24.4 Å². The van der Waals surface area contributed by atoms with Gasteiger partial charge in [0.15, 0.2) is 0 Å². The Morgan fingerprint density at radius 2 is 1.92 bits per heavy atom. The van der Waals surface area contributed by atoms with E-state index in [0.717, 1.165) is 18.2 Å². The smallest absolute Gasteiger partial charge is 0.424 e. The molecule has 1 unspecified atom stereocenters. The SMILES string of the molecule is Cn1cccc1C(=O)NCC(O)(c1cc2c(c(-c3ccc(F)cc3)n1)OC[C@]2(C)C(N)=O)C(F)(F)F. The maximum atomic E-state index is 14.3. The summed E-state index contributed by atoms with van der Waals surface area (Å²) in [6, 6.07) is 8.54. The highest BCUT2D eigenvalue weighted by atomic mass is 19.4. The van der Waals surface area contributed by atoms with Gasteiger partial charge in [-0.15, -0.1) is 0 Å². The second kappa shape index (κ2) is 8.63. The molecule has 2 atom stereocenters. The summed E-state index contributed by atoms with van der Waals surface area (Å²) in [5.41, 5.74) is -0.451. The van der Waals surface area contributed by atoms with Crippen LogP contribution in [0, 0.1) is 5.82 Å². The Morgan fingerprint density at radius 3 is 2.47 bits per heavy atom. The molecule has 4 N–H and O–H groups in total. The standard InChI is InChI=1S/C24H22F4N4O4/c1-22(21(29)34)12-36-19-15(22)10-17(31-18(19)13-5-7-14(25)8-6-13)23(35,24(26,27)28)11-30-20(33)16-4-3-9-32(16)2/h3-10,35H,11-12H2,1-2H3,(H2,29,34)(H,30,33)/t22-,23?/m0/s1. The molecule has 1 aliphatic rings. The number of benzene rings is 1. The first-order valence-corrected chi connectivity index (χ1v) is 10.7. The van der Waals surface area contributed by atoms with Crippen LogP contribution >= 0.6 is 0 Å². The van der Waals surface area contributed by atoms with Crippen LogP contribution in [-0.4, -0.2) is 45.8 Å². The van der Waals surface area contributed by atoms with E-state index in [0.29, 0.717) is 0 Å². The number of amides is 2. The molecule has 190 valence electrons. The minimum Gasteiger partial charge on any atom is -0.489 e. The lowest BCUT2D eigenvalue weighted by atomic mass is 9.81. The fourth-order valence-electron chi connectivity index (χ4n) is 3.93. The number of primary amides is 1. The molecular formula is C24H22F4N4O4. The average molecular weight is 506 g/mol. The van der Waals surface area contributed by atoms with Crippen molar-refractivity contribution < 1.29 is 37.0 Å². The van der Waals surface area contributed by atoms with Gasteiger partial charge in [0.2, 0.25) is 11.5 Å². The highest BCUT2D eigenvalue weighted by Crippen LogP contribution is 2.47. The molecule has 0 saturated heterocycles. The molecule has 0 radical (unpaired) electrons. The van der Waals surface area contributed by atoms with Crippen LogP contribution < -0.4 is 15.8 Å². The number of nitrogens with two attached hydrogens (primary N) is 1. The number of aromatic nitrogens is 2. The Balaban J connectivity index is 1.87. The summed E-state index contributed by atoms with van der Waals surface area (Å²) >= 11 is 0. The van der Waals surface area contributed by atoms with Gasteiger partial charge in [0.1, 0.15) is 35.0 Å². The molecule has 0 bridgehead atoms. The van der Waals surface area contributed by atoms with Crippen LogP contribution in [0.25, 0.3) is 11.3 Å². The second-order valence-corrected chi connectivity index (χ2v) is 8.77. The number of rotatable bonds is 6. The first-order valence-electron chi connectivity index (χ1n) is 10.7. The van der Waals surface area contributed by atoms with Crippen LogP contribution in [-0.2, 0) is 22.9 Å². The number of carbonyl (C=O) groups excluding carboxylic acids is 2. The Labute approximate surface area is 202 Å². The normalized spacial score (nSPS) is 18.8. The van der Waals surface area contributed by atoms with Crippen LogP contribution in [0.5, 0.6) is 5.75 Å². The monoisotopic (exact) mass is 506 g/mol. The van der Waals surface area contributed by atoms with E-state index in [4.69, 9.17) is 10.5 Å². The molecule has 1 aliphatic heterocycles. The van der Waals surface area contributed by atoms with E-state index < -0.39 is 47.1 Å². The predicted molar refractivity (Wildman–Crippen MR) is 119 cm³/mol. The maximum absolute atomic E-state index is 14.3. The zero-order valence-electron chi connectivity index (χ0n) is 19.2. The van der Waals surface area contributed by atoms with E-state index in [1.807, 2.05) is 0 Å². The van der Waals surface area contributed by atoms with Gasteiger partial charge >= 0.3 is 6.18 Å². The second-order valence-electron chi connectivity index (χ2n) is 8.77. The highest BCUT2D eigenvalue weighted by molar-refractivity contribution is 5.93. The number of nitrogens with zero attached hydrogens (tertiary/aromatic N) is 2. The molecule has 0 fully saturated rings. The summed E-state index contributed by atoms with van der Waals surface area (Å²) in [4.78, 5) is 28.8. The fourth-order valence-corrected chi connectivity index (χ4v) is 3.93. The number of hydrogen-bond donors (Lipinski definition) is 3. The number of nitrogens with one attached hydrogen (secondary N) is 1. The van der Waals surface area contributed by atoms with Crippen LogP contribution in [0.4, 0.5) is 17.6 Å². The van der Waals surface area contributed by atoms with Crippen molar-refractivity contribution in [3.63, 3.8) is 0 Å². The number of halogens is 4. The summed E-state index contributed by atoms with van der Waals surface area (Å²) in [5.74, 6) is -2.32. The minimum absolute atomic E-state index is 0.0102. The van der Waals surface area contributed by atoms with E-state index in [9.17, 15) is 32.3 Å². The Hall–Kier alpha value is -3.93. The lowest BCUT2D eigenvalue weighted by Gasteiger charge is -2.31. The fraction of sp³-hybridized carbons (Fsp3) is 0.292. The van der Waals surface area contributed by atoms with Gasteiger partial charge in [0.25, 0.3) is 5.91 Å². The van der Waals surface area contributed by atoms with Gasteiger partial charge in [0.05, 0.1) is 12.2 Å². The van der Waals surface area contributed by atoms with Crippen LogP contribution in [0.2, 0.25) is 0 Å². The molecule has 2 amide bonds. The Morgan fingerprint density at radius 1 is 1.25 bits per heavy atom. The molecule has 0 aliphatic carbocycles. The molecule has 3 aromatic rings. The molecule has 2 aromatic heterocycles. The van der Waals surface area contributed by atoms with Crippen molar-refractivity contribution >= 4 is 11.8 Å². The molecule has 0 spiro atoms. The molecule has 36 heavy (non-hydrogen) atoms. The number of hydrogen-bond acceptors (Lipinski definition) is 5. The Bertz CT molecular complexity index is 1340. The number of ether oxygens (including phenoxy) is 1. The van der Waals surface area contributed by atoms with E-state index in [1.165, 1.54) is 49.0 Å². The van der Waals surface area contributed by atoms with Gasteiger partial charge in [-0.05, 0) is 49.4 Å². The topological polar surface area (TPSA) is 119 Å². The number of carbonyl (C=O) groups is 2. The van der Waals surface area contributed by atoms with E-state index in [-0.39, 0.29) is 34.9 Å². The third-order valence-electron chi connectivity index (χ3n) is 6.31. The zero-order chi connectivity index (χ0) is 26.5. The lowest BCUT2D eigenvalue weighted by molar-refractivity contribution is -0.265. The zero-order valence-corrected chi connectivity index (χ0v) is 19.2. The number of alkyl halides is 3. The van der Waals surface area contributed by atoms with Crippen molar-refractivity contribution in [2.45, 2.75) is 24.1 Å². The van der Waals surface area contributed by atoms with Crippen molar-refractivity contribution in [2.24, 2.45) is 12.8 Å². The molecular weight excluding hydrogens is 484 g/mol. The van der Waals surface area contributed by atoms with Crippen molar-refractivity contribution in [3.8, 4) is 17.0 Å². The lowest BCUT2D eigenvalue weighted by Crippen LogP contribution is -2.52. The minimum atomic E-state index is -5.29. The molecule has 8 nitrogen and oxygen atoms in total. The highest BCUT2D eigenvalue weighted by Gasteiger charge is 2.57. The van der Waals surface area contributed by atoms with E-state index in [1.54, 1.807) is 0 Å². The van der Waals surface area contributed by atoms with Crippen molar-refractivity contribution in [1.29, 1.82) is 0 Å². The van der Waals surface area contributed by atoms with Crippen LogP contribution in [0.1, 0.15) is 28.7 Å². The van der Waals surface area contributed by atoms with Gasteiger partial charge in [-0.1, -0.05) is 0 Å². The van der Waals surface area contributed by atoms with Crippen LogP contribution in [0.3, 0.4) is 0 Å². The quantitative estimate of drug-likeness (QED) is 0.444. The summed E-state index contributed by atoms with van der Waals surface area (Å²) in [6.07, 6.45) is -3.76. The van der Waals surface area contributed by atoms with Gasteiger partial charge in [-0.25, -0.2) is 9.37 Å². The van der Waals surface area contributed by atoms with Crippen LogP contribution in [0.15, 0.2) is 48.7 Å². The predicted octanol–water partition coefficient (Wildman–Crippen LogP) is 2.54. The first-order chi connectivity index (χ1) is 16.8. The maximum Gasteiger partial charge on any atom is 0.424 e.